The van der Waals surface area contributed by atoms with Crippen LogP contribution in [0.4, 0.5) is 10.5 Å². The van der Waals surface area contributed by atoms with Crippen molar-refractivity contribution >= 4 is 11.7 Å². The Morgan fingerprint density at radius 3 is 2.88 bits per heavy atom. The van der Waals surface area contributed by atoms with Gasteiger partial charge >= 0.3 is 6.03 Å². The van der Waals surface area contributed by atoms with Crippen molar-refractivity contribution in [3.63, 3.8) is 0 Å². The zero-order chi connectivity index (χ0) is 17.6. The number of amides is 2. The Labute approximate surface area is 147 Å². The van der Waals surface area contributed by atoms with Gasteiger partial charge in [0.15, 0.2) is 0 Å². The second-order valence-corrected chi connectivity index (χ2v) is 6.42. The molecule has 3 rings (SSSR count). The number of aliphatic hydroxyl groups is 1. The van der Waals surface area contributed by atoms with Gasteiger partial charge in [0.1, 0.15) is 0 Å². The molecule has 7 heteroatoms. The number of nitrogens with one attached hydrogen (secondary N) is 2. The van der Waals surface area contributed by atoms with E-state index in [2.05, 4.69) is 20.6 Å². The molecule has 1 aromatic carbocycles. The normalized spacial score (nSPS) is 18.6. The molecule has 2 amide bonds. The number of aryl methyl sites for hydroxylation is 1. The number of hydrogen-bond donors (Lipinski definition) is 3. The van der Waals surface area contributed by atoms with Gasteiger partial charge in [-0.1, -0.05) is 30.3 Å². The standard InChI is InChI=1S/C18H25N5O2/c1-22-12-16(10-19-22)23-9-5-8-15(11-23)20-18(25)21-17(13-24)14-6-3-2-4-7-14/h2-4,6-7,10,12,15,17,24H,5,8-9,11,13H2,1H3,(H2,20,21,25). The number of benzene rings is 1. The number of hydrogen-bond acceptors (Lipinski definition) is 4. The smallest absolute Gasteiger partial charge is 0.315 e. The Morgan fingerprint density at radius 1 is 1.40 bits per heavy atom. The molecular formula is C18H25N5O2. The minimum Gasteiger partial charge on any atom is -0.394 e. The first kappa shape index (κ1) is 17.3. The van der Waals surface area contributed by atoms with Crippen molar-refractivity contribution in [2.24, 2.45) is 7.05 Å². The van der Waals surface area contributed by atoms with Crippen molar-refractivity contribution in [1.29, 1.82) is 0 Å². The number of carbonyl (C=O) groups excluding carboxylic acids is 1. The van der Waals surface area contributed by atoms with E-state index in [1.807, 2.05) is 49.8 Å². The molecule has 1 aliphatic rings. The van der Waals surface area contributed by atoms with Crippen LogP contribution in [-0.4, -0.2) is 46.7 Å². The number of anilines is 1. The molecule has 7 nitrogen and oxygen atoms in total. The summed E-state index contributed by atoms with van der Waals surface area (Å²) >= 11 is 0. The van der Waals surface area contributed by atoms with Crippen LogP contribution in [0.5, 0.6) is 0 Å². The Morgan fingerprint density at radius 2 is 2.20 bits per heavy atom. The van der Waals surface area contributed by atoms with E-state index in [1.165, 1.54) is 0 Å². The van der Waals surface area contributed by atoms with Gasteiger partial charge in [0.25, 0.3) is 0 Å². The molecule has 0 aliphatic carbocycles. The first-order valence-electron chi connectivity index (χ1n) is 8.62. The molecule has 2 unspecified atom stereocenters. The highest BCUT2D eigenvalue weighted by Gasteiger charge is 2.23. The van der Waals surface area contributed by atoms with Crippen molar-refractivity contribution in [2.45, 2.75) is 24.9 Å². The highest BCUT2D eigenvalue weighted by Crippen LogP contribution is 2.19. The van der Waals surface area contributed by atoms with E-state index in [0.717, 1.165) is 37.2 Å². The van der Waals surface area contributed by atoms with Crippen molar-refractivity contribution in [1.82, 2.24) is 20.4 Å². The number of rotatable bonds is 5. The summed E-state index contributed by atoms with van der Waals surface area (Å²) in [4.78, 5) is 14.6. The van der Waals surface area contributed by atoms with Gasteiger partial charge in [0, 0.05) is 32.4 Å². The molecule has 0 bridgehead atoms. The van der Waals surface area contributed by atoms with Crippen LogP contribution in [0.1, 0.15) is 24.4 Å². The van der Waals surface area contributed by atoms with Gasteiger partial charge in [-0.05, 0) is 18.4 Å². The fourth-order valence-corrected chi connectivity index (χ4v) is 3.21. The van der Waals surface area contributed by atoms with Crippen LogP contribution in [0.25, 0.3) is 0 Å². The molecule has 3 N–H and O–H groups in total. The SMILES string of the molecule is Cn1cc(N2CCCC(NC(=O)NC(CO)c3ccccc3)C2)cn1. The van der Waals surface area contributed by atoms with E-state index in [1.54, 1.807) is 4.68 Å². The summed E-state index contributed by atoms with van der Waals surface area (Å²) in [5.41, 5.74) is 1.97. The highest BCUT2D eigenvalue weighted by atomic mass is 16.3. The monoisotopic (exact) mass is 343 g/mol. The molecular weight excluding hydrogens is 318 g/mol. The summed E-state index contributed by atoms with van der Waals surface area (Å²) < 4.78 is 1.78. The maximum atomic E-state index is 12.3. The lowest BCUT2D eigenvalue weighted by Crippen LogP contribution is -2.51. The van der Waals surface area contributed by atoms with Crippen LogP contribution in [0.2, 0.25) is 0 Å². The predicted molar refractivity (Wildman–Crippen MR) is 96.4 cm³/mol. The Kier molecular flexibility index (Phi) is 5.55. The van der Waals surface area contributed by atoms with Crippen LogP contribution >= 0.6 is 0 Å². The quantitative estimate of drug-likeness (QED) is 0.767. The summed E-state index contributed by atoms with van der Waals surface area (Å²) in [6.45, 7) is 1.59. The van der Waals surface area contributed by atoms with E-state index in [0.29, 0.717) is 0 Å². The first-order chi connectivity index (χ1) is 12.2. The first-order valence-corrected chi connectivity index (χ1v) is 8.62. The lowest BCUT2D eigenvalue weighted by Gasteiger charge is -2.34. The average molecular weight is 343 g/mol. The minimum absolute atomic E-state index is 0.0732. The summed E-state index contributed by atoms with van der Waals surface area (Å²) in [7, 11) is 1.90. The van der Waals surface area contributed by atoms with Crippen LogP contribution < -0.4 is 15.5 Å². The van der Waals surface area contributed by atoms with Crippen molar-refractivity contribution < 1.29 is 9.90 Å². The van der Waals surface area contributed by atoms with E-state index in [-0.39, 0.29) is 18.7 Å². The molecule has 1 fully saturated rings. The minimum atomic E-state index is -0.404. The number of carbonyl (C=O) groups is 1. The Bertz CT molecular complexity index is 688. The van der Waals surface area contributed by atoms with Gasteiger partial charge < -0.3 is 20.6 Å². The van der Waals surface area contributed by atoms with E-state index < -0.39 is 6.04 Å². The van der Waals surface area contributed by atoms with Gasteiger partial charge in [0.05, 0.1) is 24.5 Å². The largest absolute Gasteiger partial charge is 0.394 e. The molecule has 25 heavy (non-hydrogen) atoms. The molecule has 2 aromatic rings. The van der Waals surface area contributed by atoms with E-state index in [9.17, 15) is 9.90 Å². The van der Waals surface area contributed by atoms with Crippen LogP contribution in [-0.2, 0) is 7.05 Å². The molecule has 0 saturated carbocycles. The second kappa shape index (κ2) is 8.02. The number of nitrogens with zero attached hydrogens (tertiary/aromatic N) is 3. The third-order valence-corrected chi connectivity index (χ3v) is 4.50. The maximum absolute atomic E-state index is 12.3. The number of aliphatic hydroxyl groups excluding tert-OH is 1. The zero-order valence-electron chi connectivity index (χ0n) is 14.4. The van der Waals surface area contributed by atoms with Gasteiger partial charge in [0.2, 0.25) is 0 Å². The molecule has 0 radical (unpaired) electrons. The maximum Gasteiger partial charge on any atom is 0.315 e. The Hall–Kier alpha value is -2.54. The summed E-state index contributed by atoms with van der Waals surface area (Å²) in [6.07, 6.45) is 5.79. The Balaban J connectivity index is 1.55. The second-order valence-electron chi connectivity index (χ2n) is 6.42. The van der Waals surface area contributed by atoms with Gasteiger partial charge in [-0.15, -0.1) is 0 Å². The fraction of sp³-hybridized carbons (Fsp3) is 0.444. The van der Waals surface area contributed by atoms with E-state index >= 15 is 0 Å². The number of piperidine rings is 1. The summed E-state index contributed by atoms with van der Waals surface area (Å²) in [5.74, 6) is 0. The summed E-state index contributed by atoms with van der Waals surface area (Å²) in [5, 5.41) is 19.7. The van der Waals surface area contributed by atoms with E-state index in [4.69, 9.17) is 0 Å². The molecule has 2 atom stereocenters. The molecule has 134 valence electrons. The van der Waals surface area contributed by atoms with Crippen LogP contribution in [0, 0.1) is 0 Å². The van der Waals surface area contributed by atoms with Crippen molar-refractivity contribution in [3.8, 4) is 0 Å². The topological polar surface area (TPSA) is 82.4 Å². The molecule has 0 spiro atoms. The summed E-state index contributed by atoms with van der Waals surface area (Å²) in [6, 6.07) is 8.91. The third-order valence-electron chi connectivity index (χ3n) is 4.50. The van der Waals surface area contributed by atoms with Gasteiger partial charge in [-0.2, -0.15) is 5.10 Å². The van der Waals surface area contributed by atoms with Gasteiger partial charge in [-0.3, -0.25) is 4.68 Å². The molecule has 2 heterocycles. The van der Waals surface area contributed by atoms with Crippen molar-refractivity contribution in [2.75, 3.05) is 24.6 Å². The number of aromatic nitrogens is 2. The fourth-order valence-electron chi connectivity index (χ4n) is 3.21. The zero-order valence-corrected chi connectivity index (χ0v) is 14.4. The molecule has 1 aliphatic heterocycles. The predicted octanol–water partition coefficient (Wildman–Crippen LogP) is 1.42. The lowest BCUT2D eigenvalue weighted by atomic mass is 10.1. The lowest BCUT2D eigenvalue weighted by molar-refractivity contribution is 0.212. The molecule has 1 aromatic heterocycles. The van der Waals surface area contributed by atoms with Crippen molar-refractivity contribution in [3.05, 3.63) is 48.3 Å². The highest BCUT2D eigenvalue weighted by molar-refractivity contribution is 5.75. The third kappa shape index (κ3) is 4.51. The van der Waals surface area contributed by atoms with Crippen LogP contribution in [0.15, 0.2) is 42.7 Å². The average Bonchev–Trinajstić information content (AvgIpc) is 3.07. The van der Waals surface area contributed by atoms with Gasteiger partial charge in [-0.25, -0.2) is 4.79 Å². The molecule has 1 saturated heterocycles. The van der Waals surface area contributed by atoms with Crippen LogP contribution in [0.3, 0.4) is 0 Å². The number of urea groups is 1.